The summed E-state index contributed by atoms with van der Waals surface area (Å²) in [6, 6.07) is 0. The Morgan fingerprint density at radius 1 is 1.20 bits per heavy atom. The molecule has 0 aromatic rings. The van der Waals surface area contributed by atoms with Gasteiger partial charge in [0.2, 0.25) is 0 Å². The van der Waals surface area contributed by atoms with Gasteiger partial charge in [-0.3, -0.25) is 4.79 Å². The van der Waals surface area contributed by atoms with Gasteiger partial charge in [0.1, 0.15) is 5.78 Å². The maximum atomic E-state index is 12.6. The first-order valence-corrected chi connectivity index (χ1v) is 10.1. The molecule has 4 heteroatoms. The van der Waals surface area contributed by atoms with Crippen LogP contribution in [0, 0.1) is 28.6 Å². The van der Waals surface area contributed by atoms with Crippen LogP contribution in [-0.4, -0.2) is 35.5 Å². The molecule has 0 radical (unpaired) electrons. The van der Waals surface area contributed by atoms with Crippen LogP contribution in [0.3, 0.4) is 0 Å². The highest BCUT2D eigenvalue weighted by Gasteiger charge is 2.75. The van der Waals surface area contributed by atoms with Crippen LogP contribution in [0.1, 0.15) is 58.3 Å². The van der Waals surface area contributed by atoms with E-state index in [2.05, 4.69) is 13.0 Å². The predicted molar refractivity (Wildman–Crippen MR) is 90.6 cm³/mol. The minimum absolute atomic E-state index is 0.158. The largest absolute Gasteiger partial charge is 0.389 e. The van der Waals surface area contributed by atoms with Gasteiger partial charge in [-0.1, -0.05) is 18.6 Å². The molecule has 1 aliphatic heterocycles. The maximum Gasteiger partial charge on any atom is 0.172 e. The highest BCUT2D eigenvalue weighted by atomic mass is 16.7. The molecule has 5 fully saturated rings. The zero-order chi connectivity index (χ0) is 17.1. The number of Topliss-reactive ketones (excluding diaryl/α,β-unsaturated/α-hetero) is 1. The first kappa shape index (κ1) is 15.4. The van der Waals surface area contributed by atoms with Gasteiger partial charge in [-0.2, -0.15) is 0 Å². The highest BCUT2D eigenvalue weighted by Crippen LogP contribution is 2.76. The van der Waals surface area contributed by atoms with Gasteiger partial charge in [-0.05, 0) is 43.9 Å². The number of carbonyl (C=O) groups is 1. The Morgan fingerprint density at radius 2 is 2.00 bits per heavy atom. The summed E-state index contributed by atoms with van der Waals surface area (Å²) in [6.45, 7) is 3.55. The lowest BCUT2D eigenvalue weighted by molar-refractivity contribution is -0.281. The second-order valence-electron chi connectivity index (χ2n) is 9.99. The lowest BCUT2D eigenvalue weighted by atomic mass is 9.33. The molecule has 6 atom stereocenters. The molecule has 1 saturated heterocycles. The summed E-state index contributed by atoms with van der Waals surface area (Å²) in [5.41, 5.74) is 0.735. The first-order chi connectivity index (χ1) is 11.9. The van der Waals surface area contributed by atoms with Crippen molar-refractivity contribution in [2.75, 3.05) is 13.2 Å². The number of hydrogen-bond acceptors (Lipinski definition) is 4. The fourth-order valence-electron chi connectivity index (χ4n) is 8.30. The fraction of sp³-hybridized carbons (Fsp3) is 0.857. The summed E-state index contributed by atoms with van der Waals surface area (Å²) < 4.78 is 12.0. The van der Waals surface area contributed by atoms with Crippen LogP contribution >= 0.6 is 0 Å². The summed E-state index contributed by atoms with van der Waals surface area (Å²) in [4.78, 5) is 12.6. The molecule has 4 nitrogen and oxygen atoms in total. The molecule has 25 heavy (non-hydrogen) atoms. The Morgan fingerprint density at radius 3 is 2.80 bits per heavy atom. The van der Waals surface area contributed by atoms with Crippen LogP contribution < -0.4 is 0 Å². The van der Waals surface area contributed by atoms with Gasteiger partial charge in [0, 0.05) is 36.0 Å². The summed E-state index contributed by atoms with van der Waals surface area (Å²) in [7, 11) is 0. The van der Waals surface area contributed by atoms with E-state index in [1.807, 2.05) is 0 Å². The van der Waals surface area contributed by atoms with Crippen molar-refractivity contribution in [1.29, 1.82) is 0 Å². The third kappa shape index (κ3) is 1.64. The lowest BCUT2D eigenvalue weighted by Crippen LogP contribution is -2.72. The van der Waals surface area contributed by atoms with Crippen LogP contribution in [-0.2, 0) is 14.3 Å². The standard InChI is InChI=1S/C21H28O4/c1-18-11-20(23)12-19-6-7-21(24-8-9-25-21)10-13(19)2-3-14(17(19)20)15(18)4-5-16(18)22/h2,14-15,17,23H,3-12H2,1H3/t14?,15?,17?,18?,19?,20-/m0/s1. The van der Waals surface area contributed by atoms with E-state index in [0.29, 0.717) is 43.2 Å². The molecule has 5 aliphatic carbocycles. The van der Waals surface area contributed by atoms with Crippen LogP contribution in [0.2, 0.25) is 0 Å². The summed E-state index contributed by atoms with van der Waals surface area (Å²) in [5.74, 6) is 1.31. The minimum atomic E-state index is -0.628. The fourth-order valence-corrected chi connectivity index (χ4v) is 8.30. The van der Waals surface area contributed by atoms with Gasteiger partial charge < -0.3 is 14.6 Å². The van der Waals surface area contributed by atoms with Crippen molar-refractivity contribution in [3.63, 3.8) is 0 Å². The number of ketones is 1. The number of allylic oxidation sites excluding steroid dienone is 1. The van der Waals surface area contributed by atoms with Gasteiger partial charge in [0.15, 0.2) is 5.79 Å². The topological polar surface area (TPSA) is 55.8 Å². The quantitative estimate of drug-likeness (QED) is 0.687. The zero-order valence-electron chi connectivity index (χ0n) is 15.1. The van der Waals surface area contributed by atoms with E-state index in [4.69, 9.17) is 9.47 Å². The molecule has 1 heterocycles. The van der Waals surface area contributed by atoms with Crippen LogP contribution in [0.5, 0.6) is 0 Å². The van der Waals surface area contributed by atoms with E-state index < -0.39 is 5.60 Å². The number of rotatable bonds is 0. The van der Waals surface area contributed by atoms with E-state index in [-0.39, 0.29) is 16.6 Å². The van der Waals surface area contributed by atoms with Gasteiger partial charge in [0.25, 0.3) is 0 Å². The van der Waals surface area contributed by atoms with Crippen molar-refractivity contribution in [3.05, 3.63) is 11.6 Å². The third-order valence-electron chi connectivity index (χ3n) is 9.05. The van der Waals surface area contributed by atoms with Crippen molar-refractivity contribution in [1.82, 2.24) is 0 Å². The number of ether oxygens (including phenoxy) is 2. The molecular formula is C21H28O4. The van der Waals surface area contributed by atoms with Crippen molar-refractivity contribution < 1.29 is 19.4 Å². The number of fused-ring (bicyclic) bond motifs is 2. The molecule has 0 amide bonds. The number of hydrogen-bond donors (Lipinski definition) is 1. The maximum absolute atomic E-state index is 12.6. The molecule has 2 spiro atoms. The zero-order valence-corrected chi connectivity index (χ0v) is 15.1. The average Bonchev–Trinajstić information content (AvgIpc) is 3.12. The van der Waals surface area contributed by atoms with Crippen LogP contribution in [0.25, 0.3) is 0 Å². The Balaban J connectivity index is 1.40. The Labute approximate surface area is 148 Å². The van der Waals surface area contributed by atoms with Crippen molar-refractivity contribution in [3.8, 4) is 0 Å². The predicted octanol–water partition coefficient (Wildman–Crippen LogP) is 2.99. The molecule has 4 saturated carbocycles. The molecule has 1 N–H and O–H groups in total. The molecule has 0 aromatic carbocycles. The highest BCUT2D eigenvalue weighted by molar-refractivity contribution is 5.87. The first-order valence-electron chi connectivity index (χ1n) is 10.1. The molecule has 6 aliphatic rings. The molecule has 0 aromatic heterocycles. The summed E-state index contributed by atoms with van der Waals surface area (Å²) >= 11 is 0. The van der Waals surface area contributed by atoms with Gasteiger partial charge in [0.05, 0.1) is 18.8 Å². The molecule has 136 valence electrons. The second kappa shape index (κ2) is 4.40. The smallest absolute Gasteiger partial charge is 0.172 e. The Bertz CT molecular complexity index is 692. The number of aliphatic hydroxyl groups is 1. The van der Waals surface area contributed by atoms with Gasteiger partial charge in [-0.25, -0.2) is 0 Å². The SMILES string of the molecule is CC12C[C@]3(O)CC45CCC6(CC4=CCC(C1CCC2=O)C53)OCCO6. The second-order valence-corrected chi connectivity index (χ2v) is 9.99. The molecule has 6 rings (SSSR count). The van der Waals surface area contributed by atoms with E-state index >= 15 is 0 Å². The van der Waals surface area contributed by atoms with Crippen molar-refractivity contribution in [2.45, 2.75) is 69.7 Å². The van der Waals surface area contributed by atoms with Crippen LogP contribution in [0.15, 0.2) is 11.6 Å². The monoisotopic (exact) mass is 344 g/mol. The van der Waals surface area contributed by atoms with E-state index in [0.717, 1.165) is 44.9 Å². The van der Waals surface area contributed by atoms with Crippen molar-refractivity contribution >= 4 is 5.78 Å². The van der Waals surface area contributed by atoms with E-state index in [9.17, 15) is 9.90 Å². The van der Waals surface area contributed by atoms with Gasteiger partial charge in [-0.15, -0.1) is 0 Å². The summed E-state index contributed by atoms with van der Waals surface area (Å²) in [5, 5.41) is 11.5. The van der Waals surface area contributed by atoms with E-state index in [1.54, 1.807) is 0 Å². The average molecular weight is 344 g/mol. The third-order valence-corrected chi connectivity index (χ3v) is 9.05. The normalized spacial score (nSPS) is 55.2. The van der Waals surface area contributed by atoms with Crippen LogP contribution in [0.4, 0.5) is 0 Å². The van der Waals surface area contributed by atoms with Gasteiger partial charge >= 0.3 is 0 Å². The molecular weight excluding hydrogens is 316 g/mol. The Hall–Kier alpha value is -0.710. The molecule has 0 bridgehead atoms. The minimum Gasteiger partial charge on any atom is -0.389 e. The lowest BCUT2D eigenvalue weighted by Gasteiger charge is -2.72. The van der Waals surface area contributed by atoms with E-state index in [1.165, 1.54) is 5.57 Å². The Kier molecular flexibility index (Phi) is 2.70. The van der Waals surface area contributed by atoms with Crippen molar-refractivity contribution in [2.24, 2.45) is 28.6 Å². The summed E-state index contributed by atoms with van der Waals surface area (Å²) in [6.07, 6.45) is 9.65. The number of carbonyl (C=O) groups excluding carboxylic acids is 1. The molecule has 5 unspecified atom stereocenters.